The number of benzene rings is 3. The second-order valence-electron chi connectivity index (χ2n) is 8.47. The summed E-state index contributed by atoms with van der Waals surface area (Å²) in [6.45, 7) is 2.22. The van der Waals surface area contributed by atoms with Gasteiger partial charge in [0, 0.05) is 16.9 Å². The number of anilines is 2. The maximum Gasteiger partial charge on any atom is 0.573 e. The molecule has 0 saturated carbocycles. The zero-order valence-electron chi connectivity index (χ0n) is 21.0. The minimum absolute atomic E-state index is 0.120. The summed E-state index contributed by atoms with van der Waals surface area (Å²) < 4.78 is 41.2. The maximum absolute atomic E-state index is 13.3. The lowest BCUT2D eigenvalue weighted by Gasteiger charge is -2.24. The Morgan fingerprint density at radius 2 is 1.56 bits per heavy atom. The molecule has 0 unspecified atom stereocenters. The van der Waals surface area contributed by atoms with Crippen molar-refractivity contribution in [2.24, 2.45) is 5.11 Å². The van der Waals surface area contributed by atoms with Crippen LogP contribution in [0.25, 0.3) is 0 Å². The topological polar surface area (TPSA) is 131 Å². The Morgan fingerprint density at radius 1 is 0.949 bits per heavy atom. The number of unbranched alkanes of at least 4 members (excludes halogenated alkanes) is 1. The Labute approximate surface area is 223 Å². The highest BCUT2D eigenvalue weighted by Crippen LogP contribution is 2.25. The van der Waals surface area contributed by atoms with Gasteiger partial charge in [-0.15, -0.1) is 18.3 Å². The predicted octanol–water partition coefficient (Wildman–Crippen LogP) is 6.86. The summed E-state index contributed by atoms with van der Waals surface area (Å²) in [5.41, 5.74) is 9.68. The van der Waals surface area contributed by atoms with Crippen molar-refractivity contribution in [2.45, 2.75) is 39.1 Å². The molecule has 0 atom stereocenters. The lowest BCUT2D eigenvalue weighted by atomic mass is 10.1. The Balaban J connectivity index is 1.80. The molecular formula is C27H27F3N6O3. The zero-order valence-corrected chi connectivity index (χ0v) is 21.0. The van der Waals surface area contributed by atoms with Gasteiger partial charge in [0.2, 0.25) is 5.96 Å². The molecule has 0 aliphatic heterocycles. The molecule has 9 nitrogen and oxygen atoms in total. The van der Waals surface area contributed by atoms with Gasteiger partial charge in [-0.3, -0.25) is 20.4 Å². The number of ether oxygens (including phenoxy) is 1. The van der Waals surface area contributed by atoms with Crippen LogP contribution in [-0.4, -0.2) is 24.3 Å². The van der Waals surface area contributed by atoms with Crippen LogP contribution < -0.4 is 20.3 Å². The van der Waals surface area contributed by atoms with Crippen LogP contribution >= 0.6 is 0 Å². The number of alkyl halides is 3. The standard InChI is InChI=1S/C27H27F3N6O3/c1-2-3-4-18-7-13-22(14-8-18)36(17-19-5-9-20(10-6-19)24(37)34-25(31)35-32)26(38)33-21-11-15-23(16-12-21)39-27(28,29)30/h5-16,32H,2-4,17H2,1H3,(H,33,38)(H2,31,34,37). The third kappa shape index (κ3) is 8.95. The highest BCUT2D eigenvalue weighted by Gasteiger charge is 2.31. The minimum Gasteiger partial charge on any atom is -0.406 e. The van der Waals surface area contributed by atoms with Crippen molar-refractivity contribution in [1.29, 1.82) is 10.9 Å². The van der Waals surface area contributed by atoms with Gasteiger partial charge in [0.15, 0.2) is 0 Å². The van der Waals surface area contributed by atoms with Crippen molar-refractivity contribution in [3.05, 3.63) is 89.5 Å². The molecule has 0 heterocycles. The molecule has 0 aromatic heterocycles. The van der Waals surface area contributed by atoms with Gasteiger partial charge < -0.3 is 10.1 Å². The van der Waals surface area contributed by atoms with Crippen LogP contribution in [0.5, 0.6) is 5.75 Å². The molecule has 12 heteroatoms. The van der Waals surface area contributed by atoms with Crippen LogP contribution in [0.4, 0.5) is 29.3 Å². The van der Waals surface area contributed by atoms with Gasteiger partial charge in [0.05, 0.1) is 6.54 Å². The summed E-state index contributed by atoms with van der Waals surface area (Å²) in [4.78, 5) is 26.9. The molecule has 3 amide bonds. The van der Waals surface area contributed by atoms with Gasteiger partial charge in [-0.25, -0.2) is 10.3 Å². The fourth-order valence-corrected chi connectivity index (χ4v) is 3.59. The molecule has 204 valence electrons. The molecule has 3 rings (SSSR count). The fraction of sp³-hybridized carbons (Fsp3) is 0.222. The number of amides is 3. The van der Waals surface area contributed by atoms with E-state index in [1.54, 1.807) is 12.1 Å². The number of hydrogen-bond donors (Lipinski definition) is 4. The van der Waals surface area contributed by atoms with Gasteiger partial charge in [0.1, 0.15) is 5.75 Å². The summed E-state index contributed by atoms with van der Waals surface area (Å²) in [6, 6.07) is 18.2. The van der Waals surface area contributed by atoms with Crippen LogP contribution in [0.2, 0.25) is 0 Å². The van der Waals surface area contributed by atoms with Crippen molar-refractivity contribution >= 4 is 29.3 Å². The highest BCUT2D eigenvalue weighted by atomic mass is 19.4. The van der Waals surface area contributed by atoms with Crippen molar-refractivity contribution in [2.75, 3.05) is 10.2 Å². The Kier molecular flexibility index (Phi) is 9.74. The van der Waals surface area contributed by atoms with E-state index in [0.717, 1.165) is 37.0 Å². The van der Waals surface area contributed by atoms with E-state index in [1.165, 1.54) is 29.2 Å². The van der Waals surface area contributed by atoms with Gasteiger partial charge in [-0.1, -0.05) is 37.6 Å². The number of carbonyl (C=O) groups excluding carboxylic acids is 2. The number of nitrogens with zero attached hydrogens (tertiary/aromatic N) is 2. The Bertz CT molecular complexity index is 1290. The van der Waals surface area contributed by atoms with Gasteiger partial charge in [0.25, 0.3) is 5.91 Å². The molecular weight excluding hydrogens is 513 g/mol. The molecule has 0 bridgehead atoms. The number of rotatable bonds is 9. The minimum atomic E-state index is -4.82. The second-order valence-corrected chi connectivity index (χ2v) is 8.47. The average Bonchev–Trinajstić information content (AvgIpc) is 2.91. The molecule has 0 aliphatic carbocycles. The molecule has 0 spiro atoms. The first-order chi connectivity index (χ1) is 18.6. The third-order valence-corrected chi connectivity index (χ3v) is 5.55. The molecule has 4 N–H and O–H groups in total. The molecule has 0 aliphatic rings. The first kappa shape index (κ1) is 28.8. The van der Waals surface area contributed by atoms with E-state index in [1.807, 2.05) is 24.3 Å². The van der Waals surface area contributed by atoms with Crippen molar-refractivity contribution in [1.82, 2.24) is 5.32 Å². The van der Waals surface area contributed by atoms with Crippen LogP contribution in [-0.2, 0) is 13.0 Å². The quantitative estimate of drug-likeness (QED) is 0.134. The summed E-state index contributed by atoms with van der Waals surface area (Å²) in [6.07, 6.45) is -1.83. The second kappa shape index (κ2) is 13.2. The predicted molar refractivity (Wildman–Crippen MR) is 140 cm³/mol. The van der Waals surface area contributed by atoms with Crippen molar-refractivity contribution in [3.63, 3.8) is 0 Å². The van der Waals surface area contributed by atoms with Gasteiger partial charge >= 0.3 is 12.4 Å². The van der Waals surface area contributed by atoms with Crippen molar-refractivity contribution in [3.8, 4) is 5.75 Å². The van der Waals surface area contributed by atoms with E-state index in [2.05, 4.69) is 27.4 Å². The van der Waals surface area contributed by atoms with Gasteiger partial charge in [-0.05, 0) is 72.5 Å². The van der Waals surface area contributed by atoms with E-state index in [-0.39, 0.29) is 17.8 Å². The molecule has 3 aromatic rings. The van der Waals surface area contributed by atoms with Gasteiger partial charge in [-0.2, -0.15) is 0 Å². The normalized spacial score (nSPS) is 10.9. The molecule has 0 radical (unpaired) electrons. The fourth-order valence-electron chi connectivity index (χ4n) is 3.59. The molecule has 39 heavy (non-hydrogen) atoms. The summed E-state index contributed by atoms with van der Waals surface area (Å²) in [7, 11) is 0. The van der Waals surface area contributed by atoms with Crippen LogP contribution in [0.3, 0.4) is 0 Å². The first-order valence-corrected chi connectivity index (χ1v) is 12.0. The average molecular weight is 541 g/mol. The van der Waals surface area contributed by atoms with Crippen LogP contribution in [0.1, 0.15) is 41.3 Å². The summed E-state index contributed by atoms with van der Waals surface area (Å²) in [5.74, 6) is -1.60. The number of carbonyl (C=O) groups is 2. The zero-order chi connectivity index (χ0) is 28.4. The van der Waals surface area contributed by atoms with E-state index in [0.29, 0.717) is 11.3 Å². The third-order valence-electron chi connectivity index (χ3n) is 5.55. The lowest BCUT2D eigenvalue weighted by molar-refractivity contribution is -0.274. The number of hydrogen-bond acceptors (Lipinski definition) is 5. The lowest BCUT2D eigenvalue weighted by Crippen LogP contribution is -2.34. The Hall–Kier alpha value is -4.74. The van der Waals surface area contributed by atoms with Crippen LogP contribution in [0.15, 0.2) is 77.9 Å². The first-order valence-electron chi connectivity index (χ1n) is 12.0. The number of nitrogens with one attached hydrogen (secondary N) is 4. The number of urea groups is 1. The van der Waals surface area contributed by atoms with E-state index < -0.39 is 30.0 Å². The number of aryl methyl sites for hydroxylation is 1. The van der Waals surface area contributed by atoms with E-state index in [9.17, 15) is 22.8 Å². The number of guanidine groups is 1. The summed E-state index contributed by atoms with van der Waals surface area (Å²) >= 11 is 0. The van der Waals surface area contributed by atoms with E-state index in [4.69, 9.17) is 10.9 Å². The SMILES string of the molecule is CCCCc1ccc(N(Cc2ccc(C(=O)NC(=N)N=N)cc2)C(=O)Nc2ccc(OC(F)(F)F)cc2)cc1. The van der Waals surface area contributed by atoms with Crippen molar-refractivity contribution < 1.29 is 27.5 Å². The highest BCUT2D eigenvalue weighted by molar-refractivity contribution is 6.05. The van der Waals surface area contributed by atoms with Crippen LogP contribution in [0, 0.1) is 10.9 Å². The smallest absolute Gasteiger partial charge is 0.406 e. The number of halogens is 3. The largest absolute Gasteiger partial charge is 0.573 e. The molecule has 0 saturated heterocycles. The molecule has 3 aromatic carbocycles. The monoisotopic (exact) mass is 540 g/mol. The molecule has 0 fully saturated rings. The maximum atomic E-state index is 13.3. The van der Waals surface area contributed by atoms with E-state index >= 15 is 0 Å². The summed E-state index contributed by atoms with van der Waals surface area (Å²) in [5, 5.41) is 15.0. The Morgan fingerprint density at radius 3 is 2.13 bits per heavy atom.